The number of benzene rings is 2. The van der Waals surface area contributed by atoms with Crippen LogP contribution in [0.3, 0.4) is 0 Å². The molecule has 2 aromatic carbocycles. The quantitative estimate of drug-likeness (QED) is 0.606. The minimum absolute atomic E-state index is 0.943. The van der Waals surface area contributed by atoms with Gasteiger partial charge in [-0.3, -0.25) is 0 Å². The molecule has 0 fully saturated rings. The molecule has 0 saturated heterocycles. The molecule has 0 aliphatic rings. The number of hydrogen-bond donors (Lipinski definition) is 0. The van der Waals surface area contributed by atoms with Gasteiger partial charge in [-0.1, -0.05) is 55.6 Å². The van der Waals surface area contributed by atoms with Gasteiger partial charge in [0.25, 0.3) is 0 Å². The number of fused-ring (bicyclic) bond motifs is 1. The Morgan fingerprint density at radius 1 is 1.04 bits per heavy atom. The van der Waals surface area contributed by atoms with Gasteiger partial charge in [-0.05, 0) is 48.7 Å². The summed E-state index contributed by atoms with van der Waals surface area (Å²) in [6.45, 7) is 12.7. The molecule has 0 atom stereocenters. The highest BCUT2D eigenvalue weighted by Gasteiger charge is 2.13. The Morgan fingerprint density at radius 3 is 2.38 bits per heavy atom. The Morgan fingerprint density at radius 2 is 1.71 bits per heavy atom. The predicted octanol–water partition coefficient (Wildman–Crippen LogP) is 5.04. The van der Waals surface area contributed by atoms with Crippen molar-refractivity contribution in [2.24, 2.45) is 0 Å². The molecule has 0 N–H and O–H groups in total. The van der Waals surface area contributed by atoms with E-state index in [9.17, 15) is 0 Å². The van der Waals surface area contributed by atoms with E-state index in [1.54, 1.807) is 11.3 Å². The molecule has 0 aliphatic heterocycles. The Labute approximate surface area is 147 Å². The maximum absolute atomic E-state index is 4.33. The third kappa shape index (κ3) is 2.93. The van der Waals surface area contributed by atoms with Gasteiger partial charge in [0.2, 0.25) is 0 Å². The van der Waals surface area contributed by atoms with Crippen LogP contribution in [-0.4, -0.2) is 0 Å². The summed E-state index contributed by atoms with van der Waals surface area (Å²) in [6.07, 6.45) is 4.05. The molecule has 1 heterocycles. The molecule has 0 radical (unpaired) electrons. The standard InChI is InChI=1S/C22H21NS/c1-5-11-16(2)23(19-12-7-6-8-13-19)18(4)22-17(3)20-14-9-10-15-21(20)24-22/h5-15H,2-3H2,1,4H3/b11-5-,22-18-. The molecule has 0 unspecified atom stereocenters. The molecular weight excluding hydrogens is 310 g/mol. The summed E-state index contributed by atoms with van der Waals surface area (Å²) in [5.41, 5.74) is 3.20. The number of para-hydroxylation sites is 1. The van der Waals surface area contributed by atoms with Gasteiger partial charge in [0, 0.05) is 21.8 Å². The van der Waals surface area contributed by atoms with Crippen LogP contribution in [0.4, 0.5) is 5.69 Å². The minimum Gasteiger partial charge on any atom is -0.314 e. The van der Waals surface area contributed by atoms with Crippen molar-refractivity contribution in [1.82, 2.24) is 0 Å². The second-order valence-electron chi connectivity index (χ2n) is 5.65. The zero-order chi connectivity index (χ0) is 17.1. The molecule has 0 spiro atoms. The summed E-state index contributed by atoms with van der Waals surface area (Å²) in [7, 11) is 0. The molecule has 24 heavy (non-hydrogen) atoms. The maximum Gasteiger partial charge on any atom is 0.0545 e. The molecule has 0 bridgehead atoms. The van der Waals surface area contributed by atoms with Crippen molar-refractivity contribution in [3.05, 3.63) is 88.8 Å². The molecule has 120 valence electrons. The normalized spacial score (nSPS) is 12.6. The monoisotopic (exact) mass is 331 g/mol. The smallest absolute Gasteiger partial charge is 0.0545 e. The van der Waals surface area contributed by atoms with Gasteiger partial charge in [0.05, 0.1) is 4.53 Å². The van der Waals surface area contributed by atoms with Crippen molar-refractivity contribution >= 4 is 39.4 Å². The van der Waals surface area contributed by atoms with Gasteiger partial charge in [0.1, 0.15) is 0 Å². The van der Waals surface area contributed by atoms with Crippen LogP contribution >= 0.6 is 11.3 Å². The van der Waals surface area contributed by atoms with Gasteiger partial charge >= 0.3 is 0 Å². The van der Waals surface area contributed by atoms with E-state index in [4.69, 9.17) is 0 Å². The van der Waals surface area contributed by atoms with Crippen molar-refractivity contribution < 1.29 is 0 Å². The summed E-state index contributed by atoms with van der Waals surface area (Å²) in [4.78, 5) is 2.19. The fraction of sp³-hybridized carbons (Fsp3) is 0.0909. The number of anilines is 1. The number of allylic oxidation sites excluding steroid dienone is 2. The van der Waals surface area contributed by atoms with Crippen LogP contribution in [0.15, 0.2) is 79.0 Å². The third-order valence-corrected chi connectivity index (χ3v) is 5.34. The summed E-state index contributed by atoms with van der Waals surface area (Å²) < 4.78 is 2.47. The molecule has 3 aromatic rings. The predicted molar refractivity (Wildman–Crippen MR) is 109 cm³/mol. The maximum atomic E-state index is 4.33. The van der Waals surface area contributed by atoms with Gasteiger partial charge in [-0.15, -0.1) is 11.3 Å². The van der Waals surface area contributed by atoms with E-state index in [0.717, 1.165) is 22.3 Å². The van der Waals surface area contributed by atoms with Gasteiger partial charge in [-0.2, -0.15) is 0 Å². The Balaban J connectivity index is 2.28. The SMILES string of the molecule is C=C(/C=C\C)N(/C(C)=c1\sc2ccccc2c1=C)c1ccccc1. The van der Waals surface area contributed by atoms with Crippen LogP contribution in [0, 0.1) is 0 Å². The van der Waals surface area contributed by atoms with Crippen molar-refractivity contribution in [2.45, 2.75) is 13.8 Å². The Kier molecular flexibility index (Phi) is 4.68. The first-order valence-electron chi connectivity index (χ1n) is 7.97. The summed E-state index contributed by atoms with van der Waals surface area (Å²) in [6, 6.07) is 18.8. The molecule has 0 aliphatic carbocycles. The van der Waals surface area contributed by atoms with Crippen molar-refractivity contribution in [3.63, 3.8) is 0 Å². The lowest BCUT2D eigenvalue weighted by Gasteiger charge is -2.25. The number of nitrogens with zero attached hydrogens (tertiary/aromatic N) is 1. The average Bonchev–Trinajstić information content (AvgIpc) is 2.94. The van der Waals surface area contributed by atoms with Crippen molar-refractivity contribution in [2.75, 3.05) is 4.90 Å². The number of rotatable bonds is 4. The molecule has 2 heteroatoms. The summed E-state index contributed by atoms with van der Waals surface area (Å²) in [5.74, 6) is 0. The van der Waals surface area contributed by atoms with E-state index in [2.05, 4.69) is 73.5 Å². The van der Waals surface area contributed by atoms with Crippen molar-refractivity contribution in [1.29, 1.82) is 0 Å². The largest absolute Gasteiger partial charge is 0.314 e. The van der Waals surface area contributed by atoms with Crippen molar-refractivity contribution in [3.8, 4) is 0 Å². The zero-order valence-corrected chi connectivity index (χ0v) is 14.9. The first kappa shape index (κ1) is 16.3. The minimum atomic E-state index is 0.943. The van der Waals surface area contributed by atoms with Crippen LogP contribution in [0.25, 0.3) is 22.4 Å². The molecule has 3 rings (SSSR count). The van der Waals surface area contributed by atoms with E-state index in [-0.39, 0.29) is 0 Å². The Bertz CT molecular complexity index is 1010. The fourth-order valence-corrected chi connectivity index (χ4v) is 4.05. The Hall–Kier alpha value is -2.58. The van der Waals surface area contributed by atoms with Crippen LogP contribution in [0.1, 0.15) is 13.8 Å². The highest BCUT2D eigenvalue weighted by Crippen LogP contribution is 2.24. The molecule has 0 amide bonds. The van der Waals surface area contributed by atoms with E-state index >= 15 is 0 Å². The summed E-state index contributed by atoms with van der Waals surface area (Å²) >= 11 is 1.78. The van der Waals surface area contributed by atoms with Gasteiger partial charge in [-0.25, -0.2) is 0 Å². The number of hydrogen-bond acceptors (Lipinski definition) is 2. The van der Waals surface area contributed by atoms with Gasteiger partial charge in [0.15, 0.2) is 0 Å². The second kappa shape index (κ2) is 6.90. The van der Waals surface area contributed by atoms with E-state index < -0.39 is 0 Å². The van der Waals surface area contributed by atoms with Crippen LogP contribution in [0.2, 0.25) is 0 Å². The summed E-state index contributed by atoms with van der Waals surface area (Å²) in [5, 5.41) is 2.31. The average molecular weight is 331 g/mol. The lowest BCUT2D eigenvalue weighted by molar-refractivity contribution is 1.20. The lowest BCUT2D eigenvalue weighted by Crippen LogP contribution is -2.29. The zero-order valence-electron chi connectivity index (χ0n) is 14.1. The van der Waals surface area contributed by atoms with Crippen LogP contribution < -0.4 is 14.7 Å². The molecule has 1 nitrogen and oxygen atoms in total. The van der Waals surface area contributed by atoms with E-state index in [1.165, 1.54) is 14.6 Å². The second-order valence-corrected chi connectivity index (χ2v) is 6.71. The topological polar surface area (TPSA) is 3.24 Å². The number of thiophene rings is 1. The van der Waals surface area contributed by atoms with Crippen LogP contribution in [0.5, 0.6) is 0 Å². The van der Waals surface area contributed by atoms with Crippen LogP contribution in [-0.2, 0) is 0 Å². The molecule has 1 aromatic heterocycles. The van der Waals surface area contributed by atoms with E-state index in [0.29, 0.717) is 0 Å². The first-order valence-corrected chi connectivity index (χ1v) is 8.79. The highest BCUT2D eigenvalue weighted by atomic mass is 32.1. The fourth-order valence-electron chi connectivity index (χ4n) is 2.91. The lowest BCUT2D eigenvalue weighted by atomic mass is 10.2. The molecule has 0 saturated carbocycles. The molecular formula is C22H21NS. The van der Waals surface area contributed by atoms with Gasteiger partial charge < -0.3 is 4.90 Å². The van der Waals surface area contributed by atoms with E-state index in [1.807, 2.05) is 25.1 Å². The highest BCUT2D eigenvalue weighted by molar-refractivity contribution is 7.17. The first-order chi connectivity index (χ1) is 11.6. The third-order valence-electron chi connectivity index (χ3n) is 4.02.